The highest BCUT2D eigenvalue weighted by atomic mass is 19.3. The molecule has 8 nitrogen and oxygen atoms in total. The maximum atomic E-state index is 13.6. The molecular formula is C20H18F2N6O2. The second-order valence-electron chi connectivity index (χ2n) is 6.37. The molecule has 30 heavy (non-hydrogen) atoms. The number of carbonyl (C=O) groups excluding carboxylic acids is 1. The van der Waals surface area contributed by atoms with Crippen molar-refractivity contribution in [3.8, 4) is 11.3 Å². The fraction of sp³-hybridized carbons (Fsp3) is 0.200. The lowest BCUT2D eigenvalue weighted by Crippen LogP contribution is -2.12. The highest BCUT2D eigenvalue weighted by molar-refractivity contribution is 6.08. The molecule has 0 atom stereocenters. The Bertz CT molecular complexity index is 1170. The maximum Gasteiger partial charge on any atom is 0.280 e. The molecule has 0 saturated carbocycles. The van der Waals surface area contributed by atoms with Crippen LogP contribution in [0.3, 0.4) is 0 Å². The molecule has 10 heteroatoms. The number of nitrogens with zero attached hydrogens (tertiary/aromatic N) is 5. The van der Waals surface area contributed by atoms with Crippen LogP contribution in [0.15, 0.2) is 55.0 Å². The third kappa shape index (κ3) is 3.90. The first-order valence-electron chi connectivity index (χ1n) is 9.20. The van der Waals surface area contributed by atoms with Crippen LogP contribution in [-0.2, 0) is 11.5 Å². The van der Waals surface area contributed by atoms with Crippen molar-refractivity contribution in [3.05, 3.63) is 66.2 Å². The van der Waals surface area contributed by atoms with Crippen molar-refractivity contribution in [2.24, 2.45) is 0 Å². The van der Waals surface area contributed by atoms with E-state index in [0.717, 1.165) is 4.52 Å². The van der Waals surface area contributed by atoms with Gasteiger partial charge in [0, 0.05) is 12.2 Å². The Hall–Kier alpha value is -3.66. The number of aromatic nitrogens is 5. The summed E-state index contributed by atoms with van der Waals surface area (Å²) in [5, 5.41) is 10.7. The number of ether oxygens (including phenoxy) is 1. The number of carbonyl (C=O) groups is 1. The van der Waals surface area contributed by atoms with Crippen LogP contribution in [0.5, 0.6) is 0 Å². The minimum atomic E-state index is -2.79. The van der Waals surface area contributed by atoms with Crippen LogP contribution >= 0.6 is 0 Å². The van der Waals surface area contributed by atoms with Gasteiger partial charge in [-0.25, -0.2) is 23.0 Å². The summed E-state index contributed by atoms with van der Waals surface area (Å²) >= 11 is 0. The van der Waals surface area contributed by atoms with Gasteiger partial charge in [-0.2, -0.15) is 10.2 Å². The highest BCUT2D eigenvalue weighted by Crippen LogP contribution is 2.27. The summed E-state index contributed by atoms with van der Waals surface area (Å²) in [7, 11) is 0. The molecule has 0 saturated heterocycles. The molecule has 0 bridgehead atoms. The van der Waals surface area contributed by atoms with Crippen molar-refractivity contribution in [2.45, 2.75) is 20.1 Å². The number of nitrogens with one attached hydrogen (secondary N) is 1. The number of benzene rings is 1. The summed E-state index contributed by atoms with van der Waals surface area (Å²) in [6.07, 6.45) is 1.51. The van der Waals surface area contributed by atoms with Crippen molar-refractivity contribution in [1.29, 1.82) is 0 Å². The van der Waals surface area contributed by atoms with Crippen LogP contribution in [0, 0.1) is 0 Å². The fourth-order valence-electron chi connectivity index (χ4n) is 2.94. The quantitative estimate of drug-likeness (QED) is 0.499. The van der Waals surface area contributed by atoms with Gasteiger partial charge in [-0.15, -0.1) is 0 Å². The summed E-state index contributed by atoms with van der Waals surface area (Å²) in [5.41, 5.74) is 1.21. The van der Waals surface area contributed by atoms with Gasteiger partial charge in [-0.05, 0) is 13.0 Å². The van der Waals surface area contributed by atoms with Crippen molar-refractivity contribution >= 4 is 17.2 Å². The number of halogens is 2. The zero-order chi connectivity index (χ0) is 21.1. The predicted molar refractivity (Wildman–Crippen MR) is 105 cm³/mol. The fourth-order valence-corrected chi connectivity index (χ4v) is 2.94. The van der Waals surface area contributed by atoms with Gasteiger partial charge in [-0.3, -0.25) is 4.79 Å². The van der Waals surface area contributed by atoms with E-state index in [4.69, 9.17) is 4.74 Å². The number of hydrogen-bond donors (Lipinski definition) is 1. The standard InChI is InChI=1S/C20H18F2N6O2/c1-2-30-12-27-11-14(9-23-27)25-20(29)15-10-24-28-17(18(21)22)8-16(26-19(15)28)13-6-4-3-5-7-13/h3-11,18H,2,12H2,1H3,(H,25,29). The Morgan fingerprint density at radius 3 is 2.73 bits per heavy atom. The lowest BCUT2D eigenvalue weighted by atomic mass is 10.1. The molecule has 0 fully saturated rings. The van der Waals surface area contributed by atoms with Gasteiger partial charge >= 0.3 is 0 Å². The Kier molecular flexibility index (Phi) is 5.48. The lowest BCUT2D eigenvalue weighted by molar-refractivity contribution is 0.0792. The molecule has 0 spiro atoms. The van der Waals surface area contributed by atoms with Gasteiger partial charge in [0.2, 0.25) is 0 Å². The van der Waals surface area contributed by atoms with E-state index in [-0.39, 0.29) is 23.6 Å². The lowest BCUT2D eigenvalue weighted by Gasteiger charge is -2.08. The molecule has 4 rings (SSSR count). The summed E-state index contributed by atoms with van der Waals surface area (Å²) in [4.78, 5) is 17.2. The van der Waals surface area contributed by atoms with E-state index in [9.17, 15) is 13.6 Å². The first kappa shape index (κ1) is 19.6. The third-order valence-electron chi connectivity index (χ3n) is 4.36. The topological polar surface area (TPSA) is 86.3 Å². The highest BCUT2D eigenvalue weighted by Gasteiger charge is 2.22. The molecule has 1 aromatic carbocycles. The van der Waals surface area contributed by atoms with Gasteiger partial charge in [0.15, 0.2) is 5.65 Å². The minimum absolute atomic E-state index is 0.0471. The molecule has 0 aliphatic rings. The molecule has 1 amide bonds. The zero-order valence-electron chi connectivity index (χ0n) is 16.0. The molecule has 4 aromatic rings. The molecule has 3 aromatic heterocycles. The first-order valence-corrected chi connectivity index (χ1v) is 9.20. The maximum absolute atomic E-state index is 13.6. The van der Waals surface area contributed by atoms with Gasteiger partial charge in [0.25, 0.3) is 12.3 Å². The van der Waals surface area contributed by atoms with E-state index in [1.807, 2.05) is 13.0 Å². The molecule has 154 valence electrons. The molecule has 0 aliphatic carbocycles. The van der Waals surface area contributed by atoms with Gasteiger partial charge in [0.05, 0.1) is 30.0 Å². The Labute approximate surface area is 170 Å². The largest absolute Gasteiger partial charge is 0.360 e. The van der Waals surface area contributed by atoms with Crippen LogP contribution in [0.2, 0.25) is 0 Å². The van der Waals surface area contributed by atoms with Crippen molar-refractivity contribution in [1.82, 2.24) is 24.4 Å². The van der Waals surface area contributed by atoms with E-state index in [0.29, 0.717) is 23.6 Å². The minimum Gasteiger partial charge on any atom is -0.360 e. The Balaban J connectivity index is 1.69. The Morgan fingerprint density at radius 2 is 2.00 bits per heavy atom. The number of hydrogen-bond acceptors (Lipinski definition) is 5. The summed E-state index contributed by atoms with van der Waals surface area (Å²) < 4.78 is 35.1. The van der Waals surface area contributed by atoms with Crippen LogP contribution in [-0.4, -0.2) is 36.9 Å². The summed E-state index contributed by atoms with van der Waals surface area (Å²) in [6.45, 7) is 2.65. The van der Waals surface area contributed by atoms with Gasteiger partial charge in [-0.1, -0.05) is 30.3 Å². The van der Waals surface area contributed by atoms with Crippen molar-refractivity contribution in [2.75, 3.05) is 11.9 Å². The number of alkyl halides is 2. The second kappa shape index (κ2) is 8.37. The van der Waals surface area contributed by atoms with E-state index in [1.165, 1.54) is 23.1 Å². The molecule has 0 radical (unpaired) electrons. The van der Waals surface area contributed by atoms with E-state index in [2.05, 4.69) is 20.5 Å². The number of amides is 1. The number of rotatable bonds is 7. The third-order valence-corrected chi connectivity index (χ3v) is 4.36. The normalized spacial score (nSPS) is 11.3. The van der Waals surface area contributed by atoms with Crippen LogP contribution in [0.4, 0.5) is 14.5 Å². The van der Waals surface area contributed by atoms with Crippen molar-refractivity contribution < 1.29 is 18.3 Å². The smallest absolute Gasteiger partial charge is 0.280 e. The van der Waals surface area contributed by atoms with Crippen molar-refractivity contribution in [3.63, 3.8) is 0 Å². The van der Waals surface area contributed by atoms with E-state index < -0.39 is 12.3 Å². The van der Waals surface area contributed by atoms with E-state index in [1.54, 1.807) is 30.5 Å². The van der Waals surface area contributed by atoms with Crippen LogP contribution < -0.4 is 5.32 Å². The summed E-state index contributed by atoms with van der Waals surface area (Å²) in [6, 6.07) is 10.2. The monoisotopic (exact) mass is 412 g/mol. The molecule has 0 unspecified atom stereocenters. The van der Waals surface area contributed by atoms with Gasteiger partial charge < -0.3 is 10.1 Å². The number of fused-ring (bicyclic) bond motifs is 1. The average Bonchev–Trinajstić information content (AvgIpc) is 3.38. The molecule has 1 N–H and O–H groups in total. The molecule has 0 aliphatic heterocycles. The van der Waals surface area contributed by atoms with Gasteiger partial charge in [0.1, 0.15) is 18.0 Å². The number of anilines is 1. The Morgan fingerprint density at radius 1 is 1.20 bits per heavy atom. The zero-order valence-corrected chi connectivity index (χ0v) is 16.0. The first-order chi connectivity index (χ1) is 14.6. The second-order valence-corrected chi connectivity index (χ2v) is 6.37. The van der Waals surface area contributed by atoms with E-state index >= 15 is 0 Å². The summed E-state index contributed by atoms with van der Waals surface area (Å²) in [5.74, 6) is -0.529. The molecular weight excluding hydrogens is 394 g/mol. The average molecular weight is 412 g/mol. The SMILES string of the molecule is CCOCn1cc(NC(=O)c2cnn3c(C(F)F)cc(-c4ccccc4)nc23)cn1. The molecule has 3 heterocycles. The predicted octanol–water partition coefficient (Wildman–Crippen LogP) is 3.78. The van der Waals surface area contributed by atoms with Crippen LogP contribution in [0.25, 0.3) is 16.9 Å². The van der Waals surface area contributed by atoms with Crippen LogP contribution in [0.1, 0.15) is 29.4 Å².